The van der Waals surface area contributed by atoms with Crippen LogP contribution in [0.25, 0.3) is 0 Å². The van der Waals surface area contributed by atoms with E-state index >= 15 is 0 Å². The number of likely N-dealkylation sites (N-methyl/N-ethyl adjacent to an activating group) is 1. The molecule has 0 saturated heterocycles. The predicted octanol–water partition coefficient (Wildman–Crippen LogP) is 2.41. The van der Waals surface area contributed by atoms with Gasteiger partial charge in [-0.15, -0.1) is 0 Å². The molecule has 2 aromatic rings. The standard InChI is InChI=1S/C14H18N2O/c1-16(10-12-5-3-2-4-6-12)14(9-15)13-7-8-17-11-13/h2-8,11,14H,9-10,15H2,1H3. The average Bonchev–Trinajstić information content (AvgIpc) is 2.85. The van der Waals surface area contributed by atoms with Gasteiger partial charge >= 0.3 is 0 Å². The van der Waals surface area contributed by atoms with E-state index in [2.05, 4.69) is 36.2 Å². The van der Waals surface area contributed by atoms with E-state index in [1.165, 1.54) is 5.56 Å². The van der Waals surface area contributed by atoms with Gasteiger partial charge in [-0.2, -0.15) is 0 Å². The van der Waals surface area contributed by atoms with Crippen molar-refractivity contribution >= 4 is 0 Å². The van der Waals surface area contributed by atoms with Crippen molar-refractivity contribution in [3.05, 3.63) is 60.1 Å². The molecule has 1 heterocycles. The molecule has 0 fully saturated rings. The van der Waals surface area contributed by atoms with Gasteiger partial charge in [0.15, 0.2) is 0 Å². The van der Waals surface area contributed by atoms with Crippen LogP contribution in [0.1, 0.15) is 17.2 Å². The van der Waals surface area contributed by atoms with Gasteiger partial charge in [-0.1, -0.05) is 30.3 Å². The molecule has 1 aromatic carbocycles. The van der Waals surface area contributed by atoms with Gasteiger partial charge in [-0.3, -0.25) is 4.90 Å². The van der Waals surface area contributed by atoms with Gasteiger partial charge in [0.2, 0.25) is 0 Å². The Hall–Kier alpha value is -1.58. The van der Waals surface area contributed by atoms with Crippen LogP contribution >= 0.6 is 0 Å². The molecule has 0 saturated carbocycles. The monoisotopic (exact) mass is 230 g/mol. The van der Waals surface area contributed by atoms with Gasteiger partial charge in [-0.05, 0) is 18.7 Å². The number of nitrogens with zero attached hydrogens (tertiary/aromatic N) is 1. The van der Waals surface area contributed by atoms with E-state index in [0.29, 0.717) is 6.54 Å². The molecule has 17 heavy (non-hydrogen) atoms. The Morgan fingerprint density at radius 3 is 2.59 bits per heavy atom. The smallest absolute Gasteiger partial charge is 0.0950 e. The van der Waals surface area contributed by atoms with E-state index in [4.69, 9.17) is 10.2 Å². The second-order valence-electron chi connectivity index (χ2n) is 4.21. The van der Waals surface area contributed by atoms with Gasteiger partial charge in [0, 0.05) is 18.7 Å². The first-order chi connectivity index (χ1) is 8.31. The minimum atomic E-state index is 0.203. The zero-order chi connectivity index (χ0) is 12.1. The van der Waals surface area contributed by atoms with Crippen LogP contribution in [0.2, 0.25) is 0 Å². The van der Waals surface area contributed by atoms with Crippen molar-refractivity contribution in [2.24, 2.45) is 5.73 Å². The Labute approximate surface area is 102 Å². The quantitative estimate of drug-likeness (QED) is 0.857. The molecule has 1 unspecified atom stereocenters. The summed E-state index contributed by atoms with van der Waals surface area (Å²) in [6, 6.07) is 12.6. The van der Waals surface area contributed by atoms with Gasteiger partial charge in [0.05, 0.1) is 18.6 Å². The lowest BCUT2D eigenvalue weighted by Crippen LogP contribution is -2.29. The van der Waals surface area contributed by atoms with Crippen molar-refractivity contribution in [1.82, 2.24) is 4.90 Å². The highest BCUT2D eigenvalue weighted by atomic mass is 16.3. The number of hydrogen-bond donors (Lipinski definition) is 1. The predicted molar refractivity (Wildman–Crippen MR) is 68.4 cm³/mol. The van der Waals surface area contributed by atoms with E-state index < -0.39 is 0 Å². The fourth-order valence-electron chi connectivity index (χ4n) is 2.02. The van der Waals surface area contributed by atoms with E-state index in [9.17, 15) is 0 Å². The number of furan rings is 1. The Morgan fingerprint density at radius 1 is 1.24 bits per heavy atom. The summed E-state index contributed by atoms with van der Waals surface area (Å²) >= 11 is 0. The summed E-state index contributed by atoms with van der Waals surface area (Å²) in [5.74, 6) is 0. The molecular weight excluding hydrogens is 212 g/mol. The first-order valence-electron chi connectivity index (χ1n) is 5.77. The maximum Gasteiger partial charge on any atom is 0.0950 e. The summed E-state index contributed by atoms with van der Waals surface area (Å²) in [7, 11) is 2.08. The summed E-state index contributed by atoms with van der Waals surface area (Å²) < 4.78 is 5.12. The largest absolute Gasteiger partial charge is 0.472 e. The molecule has 0 amide bonds. The molecular formula is C14H18N2O. The van der Waals surface area contributed by atoms with Crippen LogP contribution in [0, 0.1) is 0 Å². The normalized spacial score (nSPS) is 12.9. The fraction of sp³-hybridized carbons (Fsp3) is 0.286. The average molecular weight is 230 g/mol. The zero-order valence-corrected chi connectivity index (χ0v) is 10.0. The highest BCUT2D eigenvalue weighted by Crippen LogP contribution is 2.20. The number of benzene rings is 1. The number of hydrogen-bond acceptors (Lipinski definition) is 3. The fourth-order valence-corrected chi connectivity index (χ4v) is 2.02. The molecule has 0 bridgehead atoms. The summed E-state index contributed by atoms with van der Waals surface area (Å²) in [5, 5.41) is 0. The van der Waals surface area contributed by atoms with Crippen molar-refractivity contribution in [1.29, 1.82) is 0 Å². The van der Waals surface area contributed by atoms with E-state index in [1.807, 2.05) is 12.1 Å². The minimum absolute atomic E-state index is 0.203. The molecule has 2 rings (SSSR count). The number of nitrogens with two attached hydrogens (primary N) is 1. The maximum absolute atomic E-state index is 5.84. The molecule has 0 radical (unpaired) electrons. The lowest BCUT2D eigenvalue weighted by molar-refractivity contribution is 0.241. The topological polar surface area (TPSA) is 42.4 Å². The second kappa shape index (κ2) is 5.66. The van der Waals surface area contributed by atoms with Crippen molar-refractivity contribution in [2.75, 3.05) is 13.6 Å². The molecule has 3 heteroatoms. The van der Waals surface area contributed by atoms with Crippen molar-refractivity contribution in [3.8, 4) is 0 Å². The molecule has 2 N–H and O–H groups in total. The Bertz CT molecular complexity index is 425. The second-order valence-corrected chi connectivity index (χ2v) is 4.21. The third kappa shape index (κ3) is 2.96. The first kappa shape index (κ1) is 11.9. The first-order valence-corrected chi connectivity index (χ1v) is 5.77. The van der Waals surface area contributed by atoms with Gasteiger partial charge in [-0.25, -0.2) is 0 Å². The SMILES string of the molecule is CN(Cc1ccccc1)C(CN)c1ccoc1. The molecule has 1 aromatic heterocycles. The summed E-state index contributed by atoms with van der Waals surface area (Å²) in [6.45, 7) is 1.47. The van der Waals surface area contributed by atoms with Gasteiger partial charge < -0.3 is 10.2 Å². The molecule has 90 valence electrons. The van der Waals surface area contributed by atoms with Gasteiger partial charge in [0.1, 0.15) is 0 Å². The van der Waals surface area contributed by atoms with Crippen molar-refractivity contribution in [2.45, 2.75) is 12.6 Å². The van der Waals surface area contributed by atoms with Crippen LogP contribution in [0.4, 0.5) is 0 Å². The maximum atomic E-state index is 5.84. The summed E-state index contributed by atoms with van der Waals surface area (Å²) in [4.78, 5) is 2.24. The Morgan fingerprint density at radius 2 is 2.00 bits per heavy atom. The molecule has 3 nitrogen and oxygen atoms in total. The number of rotatable bonds is 5. The molecule has 0 aliphatic rings. The van der Waals surface area contributed by atoms with Crippen molar-refractivity contribution < 1.29 is 4.42 Å². The molecule has 0 aliphatic carbocycles. The van der Waals surface area contributed by atoms with Crippen LogP contribution in [-0.4, -0.2) is 18.5 Å². The summed E-state index contributed by atoms with van der Waals surface area (Å²) in [5.41, 5.74) is 8.25. The van der Waals surface area contributed by atoms with Crippen LogP contribution in [0.3, 0.4) is 0 Å². The Kier molecular flexibility index (Phi) is 3.96. The van der Waals surface area contributed by atoms with Crippen LogP contribution in [0.5, 0.6) is 0 Å². The van der Waals surface area contributed by atoms with E-state index in [0.717, 1.165) is 12.1 Å². The molecule has 0 spiro atoms. The van der Waals surface area contributed by atoms with Crippen molar-refractivity contribution in [3.63, 3.8) is 0 Å². The zero-order valence-electron chi connectivity index (χ0n) is 10.0. The Balaban J connectivity index is 2.06. The van der Waals surface area contributed by atoms with Crippen LogP contribution in [0.15, 0.2) is 53.3 Å². The molecule has 1 atom stereocenters. The van der Waals surface area contributed by atoms with Crippen LogP contribution < -0.4 is 5.73 Å². The lowest BCUT2D eigenvalue weighted by atomic mass is 10.1. The lowest BCUT2D eigenvalue weighted by Gasteiger charge is -2.26. The third-order valence-corrected chi connectivity index (χ3v) is 2.96. The third-order valence-electron chi connectivity index (χ3n) is 2.96. The molecule has 0 aliphatic heterocycles. The minimum Gasteiger partial charge on any atom is -0.472 e. The van der Waals surface area contributed by atoms with Gasteiger partial charge in [0.25, 0.3) is 0 Å². The summed E-state index contributed by atoms with van der Waals surface area (Å²) in [6.07, 6.45) is 3.45. The highest BCUT2D eigenvalue weighted by molar-refractivity contribution is 5.16. The van der Waals surface area contributed by atoms with E-state index in [1.54, 1.807) is 12.5 Å². The van der Waals surface area contributed by atoms with Crippen LogP contribution in [-0.2, 0) is 6.54 Å². The highest BCUT2D eigenvalue weighted by Gasteiger charge is 2.16. The van der Waals surface area contributed by atoms with E-state index in [-0.39, 0.29) is 6.04 Å².